The molecule has 0 aliphatic heterocycles. The van der Waals surface area contributed by atoms with Crippen LogP contribution in [0.1, 0.15) is 28.6 Å². The van der Waals surface area contributed by atoms with E-state index in [0.717, 1.165) is 17.0 Å². The normalized spacial score (nSPS) is 12.7. The molecule has 0 spiro atoms. The van der Waals surface area contributed by atoms with Crippen LogP contribution < -0.4 is 11.3 Å². The van der Waals surface area contributed by atoms with E-state index in [-0.39, 0.29) is 11.1 Å². The fourth-order valence-corrected chi connectivity index (χ4v) is 2.66. The summed E-state index contributed by atoms with van der Waals surface area (Å²) in [5.74, 6) is 5.25. The molecule has 108 valence electrons. The first kappa shape index (κ1) is 15.0. The van der Waals surface area contributed by atoms with Gasteiger partial charge in [-0.2, -0.15) is 5.10 Å². The van der Waals surface area contributed by atoms with E-state index in [9.17, 15) is 4.39 Å². The second-order valence-electron chi connectivity index (χ2n) is 4.84. The Hall–Kier alpha value is -1.43. The second-order valence-corrected chi connectivity index (χ2v) is 5.25. The molecule has 2 rings (SSSR count). The average Bonchev–Trinajstić information content (AvgIpc) is 2.66. The fourth-order valence-electron chi connectivity index (χ4n) is 2.46. The third-order valence-electron chi connectivity index (χ3n) is 3.57. The predicted octanol–water partition coefficient (Wildman–Crippen LogP) is 2.58. The summed E-state index contributed by atoms with van der Waals surface area (Å²) in [4.78, 5) is 0. The molecule has 4 nitrogen and oxygen atoms in total. The summed E-state index contributed by atoms with van der Waals surface area (Å²) in [5, 5.41) is 4.49. The largest absolute Gasteiger partial charge is 0.272 e. The van der Waals surface area contributed by atoms with Crippen molar-refractivity contribution in [1.82, 2.24) is 15.2 Å². The minimum atomic E-state index is -0.395. The average molecular weight is 297 g/mol. The molecular formula is C14H18ClFN4. The summed E-state index contributed by atoms with van der Waals surface area (Å²) in [6.45, 7) is 3.88. The molecule has 1 aromatic carbocycles. The monoisotopic (exact) mass is 296 g/mol. The quantitative estimate of drug-likeness (QED) is 0.673. The van der Waals surface area contributed by atoms with Crippen molar-refractivity contribution in [2.45, 2.75) is 26.3 Å². The van der Waals surface area contributed by atoms with Gasteiger partial charge in [0.25, 0.3) is 0 Å². The topological polar surface area (TPSA) is 55.9 Å². The van der Waals surface area contributed by atoms with Crippen LogP contribution in [-0.2, 0) is 13.5 Å². The van der Waals surface area contributed by atoms with E-state index in [1.54, 1.807) is 16.8 Å². The number of aryl methyl sites for hydroxylation is 2. The van der Waals surface area contributed by atoms with Crippen LogP contribution in [-0.4, -0.2) is 9.78 Å². The van der Waals surface area contributed by atoms with Crippen molar-refractivity contribution < 1.29 is 4.39 Å². The number of hydrazine groups is 1. The van der Waals surface area contributed by atoms with Gasteiger partial charge in [-0.15, -0.1) is 0 Å². The molecule has 0 amide bonds. The van der Waals surface area contributed by atoms with Gasteiger partial charge in [0.05, 0.1) is 16.8 Å². The van der Waals surface area contributed by atoms with Gasteiger partial charge in [0.1, 0.15) is 5.82 Å². The van der Waals surface area contributed by atoms with E-state index >= 15 is 0 Å². The van der Waals surface area contributed by atoms with E-state index in [1.165, 1.54) is 6.07 Å². The van der Waals surface area contributed by atoms with Crippen molar-refractivity contribution in [2.75, 3.05) is 0 Å². The lowest BCUT2D eigenvalue weighted by Crippen LogP contribution is -2.30. The van der Waals surface area contributed by atoms with Crippen molar-refractivity contribution in [3.63, 3.8) is 0 Å². The zero-order chi connectivity index (χ0) is 14.9. The van der Waals surface area contributed by atoms with E-state index in [0.29, 0.717) is 12.0 Å². The predicted molar refractivity (Wildman–Crippen MR) is 77.9 cm³/mol. The lowest BCUT2D eigenvalue weighted by molar-refractivity contribution is 0.525. The molecule has 0 aliphatic rings. The van der Waals surface area contributed by atoms with Gasteiger partial charge in [-0.05, 0) is 31.9 Å². The van der Waals surface area contributed by atoms with Gasteiger partial charge >= 0.3 is 0 Å². The van der Waals surface area contributed by atoms with Crippen LogP contribution in [0.25, 0.3) is 0 Å². The first-order valence-electron chi connectivity index (χ1n) is 6.34. The minimum absolute atomic E-state index is 0.123. The molecule has 0 fully saturated rings. The third-order valence-corrected chi connectivity index (χ3v) is 3.86. The van der Waals surface area contributed by atoms with Gasteiger partial charge in [-0.3, -0.25) is 16.0 Å². The Kier molecular flexibility index (Phi) is 4.42. The molecule has 0 aliphatic carbocycles. The van der Waals surface area contributed by atoms with Gasteiger partial charge in [0.15, 0.2) is 0 Å². The van der Waals surface area contributed by atoms with Gasteiger partial charge < -0.3 is 0 Å². The Morgan fingerprint density at radius 2 is 2.15 bits per heavy atom. The van der Waals surface area contributed by atoms with Gasteiger partial charge in [0, 0.05) is 18.3 Å². The van der Waals surface area contributed by atoms with Crippen molar-refractivity contribution in [1.29, 1.82) is 0 Å². The number of hydrogen-bond acceptors (Lipinski definition) is 3. The Bertz CT molecular complexity index is 624. The smallest absolute Gasteiger partial charge is 0.145 e. The second kappa shape index (κ2) is 5.91. The Balaban J connectivity index is 2.36. The molecule has 2 aromatic rings. The lowest BCUT2D eigenvalue weighted by Gasteiger charge is -2.17. The standard InChI is InChI=1S/C14H18ClFN4/c1-8-13(9(2)20(3)19-8)12(18-17)7-10-5-4-6-11(15)14(10)16/h4-6,12,18H,7,17H2,1-3H3. The maximum atomic E-state index is 14.0. The summed E-state index contributed by atoms with van der Waals surface area (Å²) in [6.07, 6.45) is 0.413. The van der Waals surface area contributed by atoms with E-state index in [4.69, 9.17) is 17.4 Å². The van der Waals surface area contributed by atoms with Crippen LogP contribution in [0.2, 0.25) is 5.02 Å². The molecular weight excluding hydrogens is 279 g/mol. The van der Waals surface area contributed by atoms with Crippen molar-refractivity contribution in [3.05, 3.63) is 51.6 Å². The maximum absolute atomic E-state index is 14.0. The maximum Gasteiger partial charge on any atom is 0.145 e. The zero-order valence-corrected chi connectivity index (χ0v) is 12.5. The summed E-state index contributed by atoms with van der Waals surface area (Å²) < 4.78 is 15.8. The van der Waals surface area contributed by atoms with Crippen molar-refractivity contribution in [3.8, 4) is 0 Å². The molecule has 0 saturated heterocycles. The number of hydrogen-bond donors (Lipinski definition) is 2. The SMILES string of the molecule is Cc1nn(C)c(C)c1C(Cc1cccc(Cl)c1F)NN. The lowest BCUT2D eigenvalue weighted by atomic mass is 9.97. The van der Waals surface area contributed by atoms with Crippen LogP contribution in [0.5, 0.6) is 0 Å². The summed E-state index contributed by atoms with van der Waals surface area (Å²) >= 11 is 5.81. The van der Waals surface area contributed by atoms with E-state index < -0.39 is 5.82 Å². The fraction of sp³-hybridized carbons (Fsp3) is 0.357. The van der Waals surface area contributed by atoms with Gasteiger partial charge in [0.2, 0.25) is 0 Å². The van der Waals surface area contributed by atoms with Gasteiger partial charge in [-0.25, -0.2) is 4.39 Å². The Labute approximate surface area is 122 Å². The summed E-state index contributed by atoms with van der Waals surface area (Å²) in [5.41, 5.74) is 6.16. The van der Waals surface area contributed by atoms with E-state index in [2.05, 4.69) is 10.5 Å². The molecule has 1 atom stereocenters. The highest BCUT2D eigenvalue weighted by atomic mass is 35.5. The van der Waals surface area contributed by atoms with Crippen molar-refractivity contribution in [2.24, 2.45) is 12.9 Å². The number of nitrogens with one attached hydrogen (secondary N) is 1. The first-order valence-corrected chi connectivity index (χ1v) is 6.72. The summed E-state index contributed by atoms with van der Waals surface area (Å²) in [6, 6.07) is 4.77. The van der Waals surface area contributed by atoms with Gasteiger partial charge in [-0.1, -0.05) is 23.7 Å². The van der Waals surface area contributed by atoms with Crippen LogP contribution >= 0.6 is 11.6 Å². The van der Waals surface area contributed by atoms with Crippen LogP contribution in [0, 0.1) is 19.7 Å². The number of benzene rings is 1. The first-order chi connectivity index (χ1) is 9.45. The molecule has 1 aromatic heterocycles. The van der Waals surface area contributed by atoms with Crippen LogP contribution in [0.15, 0.2) is 18.2 Å². The molecule has 0 radical (unpaired) electrons. The highest BCUT2D eigenvalue weighted by Gasteiger charge is 2.21. The number of rotatable bonds is 4. The molecule has 20 heavy (non-hydrogen) atoms. The molecule has 1 heterocycles. The zero-order valence-electron chi connectivity index (χ0n) is 11.7. The van der Waals surface area contributed by atoms with Crippen LogP contribution in [0.3, 0.4) is 0 Å². The van der Waals surface area contributed by atoms with Crippen LogP contribution in [0.4, 0.5) is 4.39 Å². The highest BCUT2D eigenvalue weighted by molar-refractivity contribution is 6.30. The highest BCUT2D eigenvalue weighted by Crippen LogP contribution is 2.27. The minimum Gasteiger partial charge on any atom is -0.272 e. The number of aromatic nitrogens is 2. The van der Waals surface area contributed by atoms with E-state index in [1.807, 2.05) is 20.9 Å². The molecule has 1 unspecified atom stereocenters. The molecule has 3 N–H and O–H groups in total. The molecule has 0 bridgehead atoms. The Morgan fingerprint density at radius 3 is 2.70 bits per heavy atom. The number of nitrogens with zero attached hydrogens (tertiary/aromatic N) is 2. The number of nitrogens with two attached hydrogens (primary N) is 1. The van der Waals surface area contributed by atoms with Crippen molar-refractivity contribution >= 4 is 11.6 Å². The third kappa shape index (κ3) is 2.70. The Morgan fingerprint density at radius 1 is 1.45 bits per heavy atom. The number of halogens is 2. The molecule has 0 saturated carbocycles. The molecule has 6 heteroatoms. The summed E-state index contributed by atoms with van der Waals surface area (Å²) in [7, 11) is 1.87.